The molecule has 0 radical (unpaired) electrons. The van der Waals surface area contributed by atoms with Crippen molar-refractivity contribution in [1.29, 1.82) is 0 Å². The molecule has 0 saturated carbocycles. The molecule has 0 aliphatic carbocycles. The molecule has 1 aromatic heterocycles. The first-order valence-electron chi connectivity index (χ1n) is 6.58. The van der Waals surface area contributed by atoms with Gasteiger partial charge < -0.3 is 10.6 Å². The molecule has 2 aromatic rings. The number of carbonyl (C=O) groups excluding carboxylic acids is 1. The lowest BCUT2D eigenvalue weighted by molar-refractivity contribution is -0.128. The number of carbonyl (C=O) groups is 1. The summed E-state index contributed by atoms with van der Waals surface area (Å²) in [6, 6.07) is 10.0. The molecule has 2 heterocycles. The number of amides is 1. The molecule has 1 aromatic carbocycles. The van der Waals surface area contributed by atoms with E-state index in [4.69, 9.17) is 5.73 Å². The first-order chi connectivity index (χ1) is 9.28. The second kappa shape index (κ2) is 4.97. The molecule has 3 rings (SSSR count). The number of hydrogen-bond donors (Lipinski definition) is 1. The second-order valence-corrected chi connectivity index (χ2v) is 5.07. The zero-order valence-corrected chi connectivity index (χ0v) is 10.7. The van der Waals surface area contributed by atoms with Crippen molar-refractivity contribution < 1.29 is 4.79 Å². The maximum Gasteiger partial charge on any atom is 0.223 e. The van der Waals surface area contributed by atoms with E-state index in [2.05, 4.69) is 11.1 Å². The molecule has 1 aliphatic heterocycles. The van der Waals surface area contributed by atoms with Crippen LogP contribution >= 0.6 is 0 Å². The molecule has 4 nitrogen and oxygen atoms in total. The zero-order valence-electron chi connectivity index (χ0n) is 10.7. The van der Waals surface area contributed by atoms with Crippen molar-refractivity contribution in [2.75, 3.05) is 13.1 Å². The molecule has 0 bridgehead atoms. The summed E-state index contributed by atoms with van der Waals surface area (Å²) in [6.45, 7) is 2.00. The third kappa shape index (κ3) is 2.31. The van der Waals surface area contributed by atoms with E-state index >= 15 is 0 Å². The van der Waals surface area contributed by atoms with Crippen molar-refractivity contribution in [3.63, 3.8) is 0 Å². The summed E-state index contributed by atoms with van der Waals surface area (Å²) in [7, 11) is 0. The van der Waals surface area contributed by atoms with Gasteiger partial charge in [-0.3, -0.25) is 9.78 Å². The number of nitrogens with two attached hydrogens (primary N) is 1. The predicted octanol–water partition coefficient (Wildman–Crippen LogP) is 1.54. The minimum Gasteiger partial charge on any atom is -0.338 e. The van der Waals surface area contributed by atoms with Crippen LogP contribution in [0.25, 0.3) is 10.9 Å². The van der Waals surface area contributed by atoms with Gasteiger partial charge in [0, 0.05) is 31.1 Å². The lowest BCUT2D eigenvalue weighted by Crippen LogP contribution is -2.25. The quantitative estimate of drug-likeness (QED) is 0.905. The summed E-state index contributed by atoms with van der Waals surface area (Å²) in [4.78, 5) is 18.2. The van der Waals surface area contributed by atoms with Gasteiger partial charge in [0.2, 0.25) is 5.91 Å². The second-order valence-electron chi connectivity index (χ2n) is 5.07. The number of likely N-dealkylation sites (tertiary alicyclic amines) is 1. The van der Waals surface area contributed by atoms with Crippen molar-refractivity contribution in [2.45, 2.75) is 13.0 Å². The van der Waals surface area contributed by atoms with Crippen molar-refractivity contribution in [3.8, 4) is 0 Å². The molecule has 1 amide bonds. The topological polar surface area (TPSA) is 59.2 Å². The number of benzene rings is 1. The van der Waals surface area contributed by atoms with Crippen LogP contribution in [0.2, 0.25) is 0 Å². The highest BCUT2D eigenvalue weighted by Crippen LogP contribution is 2.22. The fourth-order valence-corrected chi connectivity index (χ4v) is 2.66. The number of aromatic nitrogens is 1. The largest absolute Gasteiger partial charge is 0.338 e. The van der Waals surface area contributed by atoms with Crippen LogP contribution in [-0.4, -0.2) is 28.9 Å². The first kappa shape index (κ1) is 12.1. The molecule has 1 fully saturated rings. The lowest BCUT2D eigenvalue weighted by atomic mass is 10.1. The third-order valence-electron chi connectivity index (χ3n) is 3.73. The normalized spacial score (nSPS) is 19.3. The molecular weight excluding hydrogens is 238 g/mol. The Balaban J connectivity index is 1.88. The van der Waals surface area contributed by atoms with E-state index in [0.29, 0.717) is 25.4 Å². The van der Waals surface area contributed by atoms with Gasteiger partial charge in [-0.2, -0.15) is 0 Å². The Morgan fingerprint density at radius 1 is 1.32 bits per heavy atom. The fourth-order valence-electron chi connectivity index (χ4n) is 2.66. The van der Waals surface area contributed by atoms with Crippen molar-refractivity contribution >= 4 is 16.8 Å². The predicted molar refractivity (Wildman–Crippen MR) is 74.3 cm³/mol. The van der Waals surface area contributed by atoms with Gasteiger partial charge in [-0.1, -0.05) is 18.2 Å². The van der Waals surface area contributed by atoms with Gasteiger partial charge in [0.05, 0.1) is 5.52 Å². The molecular formula is C15H17N3O. The maximum atomic E-state index is 11.9. The molecule has 1 saturated heterocycles. The molecule has 1 unspecified atom stereocenters. The summed E-state index contributed by atoms with van der Waals surface area (Å²) in [5.41, 5.74) is 7.78. The van der Waals surface area contributed by atoms with E-state index in [1.165, 1.54) is 0 Å². The van der Waals surface area contributed by atoms with Crippen molar-refractivity contribution in [1.82, 2.24) is 9.88 Å². The van der Waals surface area contributed by atoms with Gasteiger partial charge in [-0.05, 0) is 30.2 Å². The minimum absolute atomic E-state index is 0.205. The molecule has 4 heteroatoms. The average molecular weight is 255 g/mol. The van der Waals surface area contributed by atoms with E-state index in [1.54, 1.807) is 6.20 Å². The Bertz CT molecular complexity index is 606. The third-order valence-corrected chi connectivity index (χ3v) is 3.73. The number of hydrogen-bond acceptors (Lipinski definition) is 3. The molecule has 19 heavy (non-hydrogen) atoms. The van der Waals surface area contributed by atoms with Crippen LogP contribution in [0.3, 0.4) is 0 Å². The average Bonchev–Trinajstić information content (AvgIpc) is 2.80. The standard InChI is InChI=1S/C15H17N3O/c16-8-11-7-15(19)18(9-11)10-12-5-6-17-14-4-2-1-3-13(12)14/h1-6,11H,7-10,16H2. The Morgan fingerprint density at radius 3 is 2.95 bits per heavy atom. The van der Waals surface area contributed by atoms with Crippen LogP contribution in [-0.2, 0) is 11.3 Å². The highest BCUT2D eigenvalue weighted by Gasteiger charge is 2.28. The van der Waals surface area contributed by atoms with Crippen LogP contribution in [0, 0.1) is 5.92 Å². The number of fused-ring (bicyclic) bond motifs is 1. The van der Waals surface area contributed by atoms with Crippen molar-refractivity contribution in [2.24, 2.45) is 11.7 Å². The Labute approximate surface area is 112 Å². The van der Waals surface area contributed by atoms with Gasteiger partial charge in [0.15, 0.2) is 0 Å². The zero-order chi connectivity index (χ0) is 13.2. The summed E-state index contributed by atoms with van der Waals surface area (Å²) >= 11 is 0. The summed E-state index contributed by atoms with van der Waals surface area (Å²) < 4.78 is 0. The lowest BCUT2D eigenvalue weighted by Gasteiger charge is -2.17. The molecule has 98 valence electrons. The molecule has 0 spiro atoms. The van der Waals surface area contributed by atoms with Crippen LogP contribution in [0.1, 0.15) is 12.0 Å². The van der Waals surface area contributed by atoms with Gasteiger partial charge >= 0.3 is 0 Å². The number of nitrogens with zero attached hydrogens (tertiary/aromatic N) is 2. The number of para-hydroxylation sites is 1. The summed E-state index contributed by atoms with van der Waals surface area (Å²) in [6.07, 6.45) is 2.39. The Morgan fingerprint density at radius 2 is 2.16 bits per heavy atom. The molecule has 2 N–H and O–H groups in total. The Kier molecular flexibility index (Phi) is 3.17. The SMILES string of the molecule is NCC1CC(=O)N(Cc2ccnc3ccccc23)C1. The van der Waals surface area contributed by atoms with E-state index in [1.807, 2.05) is 29.2 Å². The number of pyridine rings is 1. The summed E-state index contributed by atoms with van der Waals surface area (Å²) in [5, 5.41) is 1.12. The van der Waals surface area contributed by atoms with Gasteiger partial charge in [-0.25, -0.2) is 0 Å². The van der Waals surface area contributed by atoms with Crippen LogP contribution < -0.4 is 5.73 Å². The van der Waals surface area contributed by atoms with E-state index in [-0.39, 0.29) is 5.91 Å². The van der Waals surface area contributed by atoms with E-state index < -0.39 is 0 Å². The highest BCUT2D eigenvalue weighted by atomic mass is 16.2. The minimum atomic E-state index is 0.205. The first-order valence-corrected chi connectivity index (χ1v) is 6.58. The molecule has 1 atom stereocenters. The van der Waals surface area contributed by atoms with Gasteiger partial charge in [-0.15, -0.1) is 0 Å². The monoisotopic (exact) mass is 255 g/mol. The van der Waals surface area contributed by atoms with Crippen LogP contribution in [0.5, 0.6) is 0 Å². The van der Waals surface area contributed by atoms with E-state index in [9.17, 15) is 4.79 Å². The highest BCUT2D eigenvalue weighted by molar-refractivity contribution is 5.83. The van der Waals surface area contributed by atoms with Crippen LogP contribution in [0.15, 0.2) is 36.5 Å². The van der Waals surface area contributed by atoms with Crippen molar-refractivity contribution in [3.05, 3.63) is 42.1 Å². The Hall–Kier alpha value is -1.94. The van der Waals surface area contributed by atoms with Gasteiger partial charge in [0.25, 0.3) is 0 Å². The maximum absolute atomic E-state index is 11.9. The summed E-state index contributed by atoms with van der Waals surface area (Å²) in [5.74, 6) is 0.511. The molecule has 1 aliphatic rings. The van der Waals surface area contributed by atoms with Crippen LogP contribution in [0.4, 0.5) is 0 Å². The van der Waals surface area contributed by atoms with E-state index in [0.717, 1.165) is 23.0 Å². The number of rotatable bonds is 3. The van der Waals surface area contributed by atoms with Gasteiger partial charge in [0.1, 0.15) is 0 Å². The fraction of sp³-hybridized carbons (Fsp3) is 0.333. The smallest absolute Gasteiger partial charge is 0.223 e.